The molecule has 0 spiro atoms. The molecule has 0 saturated carbocycles. The van der Waals surface area contributed by atoms with Gasteiger partial charge < -0.3 is 0 Å². The van der Waals surface area contributed by atoms with E-state index in [-0.39, 0.29) is 15.0 Å². The molecule has 0 aromatic heterocycles. The van der Waals surface area contributed by atoms with Crippen LogP contribution in [0.1, 0.15) is 5.56 Å². The standard InChI is InChI=1S/C15H12O2SSe/c1-13-7-5-6-10-15(13)18(16,17)11-12-19-14-8-3-2-4-9-14/h2-10H,1H3. The number of hydrogen-bond acceptors (Lipinski definition) is 2. The van der Waals surface area contributed by atoms with Crippen molar-refractivity contribution in [2.75, 3.05) is 0 Å². The fourth-order valence-corrected chi connectivity index (χ4v) is 4.36. The van der Waals surface area contributed by atoms with Crippen molar-refractivity contribution in [1.82, 2.24) is 0 Å². The Morgan fingerprint density at radius 2 is 1.58 bits per heavy atom. The first-order valence-corrected chi connectivity index (χ1v) is 8.83. The van der Waals surface area contributed by atoms with Crippen LogP contribution in [0.5, 0.6) is 0 Å². The van der Waals surface area contributed by atoms with Gasteiger partial charge in [-0.1, -0.05) is 0 Å². The Hall–Kier alpha value is -1.53. The summed E-state index contributed by atoms with van der Waals surface area (Å²) < 4.78 is 25.2. The van der Waals surface area contributed by atoms with Gasteiger partial charge in [0.2, 0.25) is 0 Å². The summed E-state index contributed by atoms with van der Waals surface area (Å²) in [6.07, 6.45) is 0. The maximum absolute atomic E-state index is 12.1. The van der Waals surface area contributed by atoms with E-state index in [1.807, 2.05) is 36.4 Å². The molecule has 0 atom stereocenters. The molecule has 0 saturated heterocycles. The topological polar surface area (TPSA) is 34.1 Å². The minimum absolute atomic E-state index is 0.142. The van der Waals surface area contributed by atoms with Gasteiger partial charge in [-0.25, -0.2) is 0 Å². The van der Waals surface area contributed by atoms with Crippen LogP contribution in [0.15, 0.2) is 59.5 Å². The first-order valence-electron chi connectivity index (χ1n) is 5.64. The first kappa shape index (κ1) is 13.9. The van der Waals surface area contributed by atoms with Gasteiger partial charge in [-0.15, -0.1) is 0 Å². The van der Waals surface area contributed by atoms with Gasteiger partial charge in [0.25, 0.3) is 0 Å². The van der Waals surface area contributed by atoms with Gasteiger partial charge in [0, 0.05) is 0 Å². The zero-order chi connectivity index (χ0) is 13.7. The van der Waals surface area contributed by atoms with Gasteiger partial charge in [0.05, 0.1) is 0 Å². The zero-order valence-corrected chi connectivity index (χ0v) is 12.9. The fourth-order valence-electron chi connectivity index (χ4n) is 1.54. The molecule has 4 heteroatoms. The van der Waals surface area contributed by atoms with Crippen LogP contribution in [0.25, 0.3) is 0 Å². The first-order chi connectivity index (χ1) is 9.09. The molecule has 0 N–H and O–H groups in total. The molecule has 0 fully saturated rings. The molecule has 2 rings (SSSR count). The van der Waals surface area contributed by atoms with Gasteiger partial charge in [-0.05, 0) is 0 Å². The van der Waals surface area contributed by atoms with Gasteiger partial charge in [-0.3, -0.25) is 0 Å². The summed E-state index contributed by atoms with van der Waals surface area (Å²) in [5.41, 5.74) is 0.726. The molecular formula is C15H12O2SSe. The second kappa shape index (κ2) is 6.08. The number of rotatable bonds is 2. The molecule has 0 amide bonds. The van der Waals surface area contributed by atoms with Gasteiger partial charge in [0.1, 0.15) is 0 Å². The predicted molar refractivity (Wildman–Crippen MR) is 78.0 cm³/mol. The fraction of sp³-hybridized carbons (Fsp3) is 0.0667. The van der Waals surface area contributed by atoms with Crippen LogP contribution in [0.4, 0.5) is 0 Å². The normalized spacial score (nSPS) is 10.6. The third-order valence-electron chi connectivity index (χ3n) is 2.47. The Bertz CT molecular complexity index is 725. The van der Waals surface area contributed by atoms with Crippen molar-refractivity contribution < 1.29 is 8.42 Å². The molecule has 0 radical (unpaired) electrons. The SMILES string of the molecule is Cc1ccccc1S(=O)(=O)C#C[Se]c1ccccc1. The van der Waals surface area contributed by atoms with Crippen molar-refractivity contribution in [2.45, 2.75) is 11.8 Å². The Kier molecular flexibility index (Phi) is 4.44. The molecule has 0 unspecified atom stereocenters. The molecule has 0 aliphatic rings. The van der Waals surface area contributed by atoms with Crippen molar-refractivity contribution in [3.63, 3.8) is 0 Å². The molecule has 19 heavy (non-hydrogen) atoms. The van der Waals surface area contributed by atoms with E-state index in [4.69, 9.17) is 0 Å². The molecule has 0 aliphatic carbocycles. The minimum atomic E-state index is -3.51. The average molecular weight is 335 g/mol. The molecule has 2 aromatic carbocycles. The maximum atomic E-state index is 12.1. The van der Waals surface area contributed by atoms with Crippen LogP contribution >= 0.6 is 0 Å². The third kappa shape index (κ3) is 3.71. The van der Waals surface area contributed by atoms with Crippen molar-refractivity contribution in [1.29, 1.82) is 0 Å². The second-order valence-electron chi connectivity index (χ2n) is 3.89. The summed E-state index contributed by atoms with van der Waals surface area (Å²) >= 11 is -0.142. The Balaban J connectivity index is 2.22. The Morgan fingerprint density at radius 1 is 0.947 bits per heavy atom. The number of hydrogen-bond donors (Lipinski definition) is 0. The summed E-state index contributed by atoms with van der Waals surface area (Å²) in [4.78, 5) is 3.09. The zero-order valence-electron chi connectivity index (χ0n) is 10.3. The molecule has 2 nitrogen and oxygen atoms in total. The average Bonchev–Trinajstić information content (AvgIpc) is 2.40. The van der Waals surface area contributed by atoms with E-state index in [0.29, 0.717) is 4.90 Å². The molecule has 96 valence electrons. The summed E-state index contributed by atoms with van der Waals surface area (Å²) in [6.45, 7) is 1.77. The number of benzene rings is 2. The van der Waals surface area contributed by atoms with Crippen LogP contribution in [-0.4, -0.2) is 23.4 Å². The van der Waals surface area contributed by atoms with E-state index in [9.17, 15) is 8.42 Å². The van der Waals surface area contributed by atoms with E-state index in [1.54, 1.807) is 25.1 Å². The number of sulfone groups is 1. The van der Waals surface area contributed by atoms with E-state index >= 15 is 0 Å². The van der Waals surface area contributed by atoms with Crippen LogP contribution in [0.2, 0.25) is 0 Å². The summed E-state index contributed by atoms with van der Waals surface area (Å²) in [5, 5.41) is 2.41. The second-order valence-corrected chi connectivity index (χ2v) is 7.38. The summed E-state index contributed by atoms with van der Waals surface area (Å²) in [5.74, 6) is 0. The predicted octanol–water partition coefficient (Wildman–Crippen LogP) is 1.72. The van der Waals surface area contributed by atoms with Crippen molar-refractivity contribution in [3.05, 3.63) is 60.2 Å². The Morgan fingerprint density at radius 3 is 2.26 bits per heavy atom. The van der Waals surface area contributed by atoms with E-state index in [1.165, 1.54) is 0 Å². The van der Waals surface area contributed by atoms with E-state index < -0.39 is 9.84 Å². The third-order valence-corrected chi connectivity index (χ3v) is 5.66. The van der Waals surface area contributed by atoms with Crippen molar-refractivity contribution in [2.24, 2.45) is 0 Å². The molecule has 0 bridgehead atoms. The van der Waals surface area contributed by atoms with Crippen LogP contribution in [0.3, 0.4) is 0 Å². The molecule has 0 aliphatic heterocycles. The molecular weight excluding hydrogens is 323 g/mol. The number of aryl methyl sites for hydroxylation is 1. The molecule has 2 aromatic rings. The van der Waals surface area contributed by atoms with E-state index in [2.05, 4.69) is 10.1 Å². The summed E-state index contributed by atoms with van der Waals surface area (Å²) in [6, 6.07) is 16.6. The van der Waals surface area contributed by atoms with Crippen LogP contribution in [-0.2, 0) is 9.84 Å². The van der Waals surface area contributed by atoms with Gasteiger partial charge in [-0.2, -0.15) is 0 Å². The van der Waals surface area contributed by atoms with Gasteiger partial charge >= 0.3 is 120 Å². The van der Waals surface area contributed by atoms with Crippen molar-refractivity contribution >= 4 is 29.3 Å². The van der Waals surface area contributed by atoms with Crippen LogP contribution in [0, 0.1) is 17.0 Å². The summed E-state index contributed by atoms with van der Waals surface area (Å²) in [7, 11) is -3.51. The van der Waals surface area contributed by atoms with Crippen molar-refractivity contribution in [3.8, 4) is 10.1 Å². The monoisotopic (exact) mass is 336 g/mol. The molecule has 0 heterocycles. The van der Waals surface area contributed by atoms with Gasteiger partial charge in [0.15, 0.2) is 0 Å². The Labute approximate surface area is 119 Å². The van der Waals surface area contributed by atoms with E-state index in [0.717, 1.165) is 10.0 Å². The van der Waals surface area contributed by atoms with Crippen LogP contribution < -0.4 is 4.46 Å². The quantitative estimate of drug-likeness (QED) is 0.619.